The number of benzene rings is 3. The van der Waals surface area contributed by atoms with E-state index < -0.39 is 0 Å². The fourth-order valence-corrected chi connectivity index (χ4v) is 2.73. The molecule has 0 saturated heterocycles. The van der Waals surface area contributed by atoms with Crippen LogP contribution in [0.15, 0.2) is 91.0 Å². The highest BCUT2D eigenvalue weighted by Gasteiger charge is 2.15. The Kier molecular flexibility index (Phi) is 3.49. The monoisotopic (exact) mass is 295 g/mol. The quantitative estimate of drug-likeness (QED) is 0.519. The lowest BCUT2D eigenvalue weighted by molar-refractivity contribution is 0.884. The Morgan fingerprint density at radius 2 is 1.13 bits per heavy atom. The van der Waals surface area contributed by atoms with Crippen molar-refractivity contribution in [2.75, 3.05) is 0 Å². The van der Waals surface area contributed by atoms with Crippen LogP contribution in [-0.4, -0.2) is 9.78 Å². The van der Waals surface area contributed by atoms with Crippen LogP contribution in [0.25, 0.3) is 28.1 Å². The summed E-state index contributed by atoms with van der Waals surface area (Å²) < 4.78 is 1.96. The van der Waals surface area contributed by atoms with Crippen molar-refractivity contribution >= 4 is 0 Å². The molecule has 0 atom stereocenters. The molecule has 0 N–H and O–H groups in total. The zero-order chi connectivity index (χ0) is 15.5. The van der Waals surface area contributed by atoms with Crippen molar-refractivity contribution in [3.05, 3.63) is 97.2 Å². The molecule has 1 radical (unpaired) electrons. The van der Waals surface area contributed by atoms with E-state index >= 15 is 0 Å². The second-order valence-electron chi connectivity index (χ2n) is 5.31. The van der Waals surface area contributed by atoms with Gasteiger partial charge in [0.05, 0.1) is 11.4 Å². The molecule has 109 valence electrons. The van der Waals surface area contributed by atoms with Gasteiger partial charge in [-0.2, -0.15) is 5.10 Å². The molecule has 3 aromatic carbocycles. The normalized spacial score (nSPS) is 10.6. The molecule has 1 aromatic heterocycles. The van der Waals surface area contributed by atoms with Gasteiger partial charge < -0.3 is 0 Å². The molecule has 0 spiro atoms. The predicted molar refractivity (Wildman–Crippen MR) is 93.3 cm³/mol. The molecule has 0 amide bonds. The first kappa shape index (κ1) is 13.5. The first-order chi connectivity index (χ1) is 11.4. The second-order valence-corrected chi connectivity index (χ2v) is 5.31. The van der Waals surface area contributed by atoms with Crippen LogP contribution in [0, 0.1) is 6.20 Å². The van der Waals surface area contributed by atoms with E-state index in [-0.39, 0.29) is 0 Å². The molecule has 0 unspecified atom stereocenters. The van der Waals surface area contributed by atoms with Crippen LogP contribution in [0.1, 0.15) is 0 Å². The summed E-state index contributed by atoms with van der Waals surface area (Å²) in [6, 6.07) is 30.8. The Labute approximate surface area is 135 Å². The van der Waals surface area contributed by atoms with Gasteiger partial charge in [0.2, 0.25) is 0 Å². The van der Waals surface area contributed by atoms with E-state index in [0.29, 0.717) is 0 Å². The maximum absolute atomic E-state index is 4.53. The van der Waals surface area contributed by atoms with Crippen LogP contribution in [0.2, 0.25) is 0 Å². The average molecular weight is 295 g/mol. The third-order valence-electron chi connectivity index (χ3n) is 3.82. The number of aromatic nitrogens is 2. The van der Waals surface area contributed by atoms with E-state index in [1.807, 2.05) is 59.3 Å². The van der Waals surface area contributed by atoms with Crippen molar-refractivity contribution in [2.24, 2.45) is 0 Å². The summed E-state index contributed by atoms with van der Waals surface area (Å²) in [5.74, 6) is 0. The second kappa shape index (κ2) is 5.93. The molecular weight excluding hydrogens is 280 g/mol. The number of para-hydroxylation sites is 1. The van der Waals surface area contributed by atoms with Gasteiger partial charge in [0.25, 0.3) is 0 Å². The molecule has 0 fully saturated rings. The van der Waals surface area contributed by atoms with Crippen molar-refractivity contribution in [3.8, 4) is 28.1 Å². The Morgan fingerprint density at radius 3 is 1.74 bits per heavy atom. The maximum Gasteiger partial charge on any atom is 0.122 e. The highest BCUT2D eigenvalue weighted by Crippen LogP contribution is 2.33. The van der Waals surface area contributed by atoms with Gasteiger partial charge in [-0.05, 0) is 17.7 Å². The Bertz CT molecular complexity index is 838. The van der Waals surface area contributed by atoms with Crippen LogP contribution in [0.5, 0.6) is 0 Å². The van der Waals surface area contributed by atoms with Gasteiger partial charge >= 0.3 is 0 Å². The first-order valence-electron chi connectivity index (χ1n) is 7.60. The van der Waals surface area contributed by atoms with Gasteiger partial charge in [-0.25, -0.2) is 4.68 Å². The van der Waals surface area contributed by atoms with Gasteiger partial charge in [-0.1, -0.05) is 78.9 Å². The van der Waals surface area contributed by atoms with Gasteiger partial charge in [0.1, 0.15) is 6.20 Å². The SMILES string of the molecule is [c]1nn(-c2ccccc2)c(-c2ccccc2)c1-c1ccccc1. The summed E-state index contributed by atoms with van der Waals surface area (Å²) >= 11 is 0. The standard InChI is InChI=1S/C21H15N2/c1-4-10-17(11-5-1)20-16-22-23(19-14-8-3-9-15-19)21(20)18-12-6-2-7-13-18/h1-15H. The summed E-state index contributed by atoms with van der Waals surface area (Å²) in [5, 5.41) is 4.53. The third kappa shape index (κ3) is 2.55. The van der Waals surface area contributed by atoms with Gasteiger partial charge in [-0.15, -0.1) is 0 Å². The Morgan fingerprint density at radius 1 is 0.609 bits per heavy atom. The van der Waals surface area contributed by atoms with E-state index in [0.717, 1.165) is 28.1 Å². The lowest BCUT2D eigenvalue weighted by atomic mass is 10.0. The lowest BCUT2D eigenvalue weighted by Crippen LogP contribution is -1.99. The fraction of sp³-hybridized carbons (Fsp3) is 0. The lowest BCUT2D eigenvalue weighted by Gasteiger charge is -2.10. The molecule has 0 aliphatic carbocycles. The van der Waals surface area contributed by atoms with Crippen LogP contribution in [0.3, 0.4) is 0 Å². The van der Waals surface area contributed by atoms with Crippen molar-refractivity contribution < 1.29 is 0 Å². The summed E-state index contributed by atoms with van der Waals surface area (Å²) in [5.41, 5.74) is 5.35. The Hall–Kier alpha value is -3.13. The fourth-order valence-electron chi connectivity index (χ4n) is 2.73. The van der Waals surface area contributed by atoms with Crippen molar-refractivity contribution in [3.63, 3.8) is 0 Å². The number of hydrogen-bond donors (Lipinski definition) is 0. The molecule has 4 aromatic rings. The molecule has 0 bridgehead atoms. The highest BCUT2D eigenvalue weighted by atomic mass is 15.3. The number of nitrogens with zero attached hydrogens (tertiary/aromatic N) is 2. The largest absolute Gasteiger partial charge is 0.232 e. The van der Waals surface area contributed by atoms with Gasteiger partial charge in [0.15, 0.2) is 0 Å². The summed E-state index contributed by atoms with van der Waals surface area (Å²) in [6.07, 6.45) is 3.20. The predicted octanol–water partition coefficient (Wildman–Crippen LogP) is 5.01. The average Bonchev–Trinajstić information content (AvgIpc) is 3.09. The topological polar surface area (TPSA) is 17.8 Å². The van der Waals surface area contributed by atoms with Crippen LogP contribution < -0.4 is 0 Å². The minimum atomic E-state index is 1.01. The minimum Gasteiger partial charge on any atom is -0.232 e. The highest BCUT2D eigenvalue weighted by molar-refractivity contribution is 5.81. The number of hydrogen-bond acceptors (Lipinski definition) is 1. The van der Waals surface area contributed by atoms with E-state index in [4.69, 9.17) is 0 Å². The molecule has 0 aliphatic heterocycles. The first-order valence-corrected chi connectivity index (χ1v) is 7.60. The molecule has 0 saturated carbocycles. The van der Waals surface area contributed by atoms with E-state index in [1.54, 1.807) is 0 Å². The van der Waals surface area contributed by atoms with Gasteiger partial charge in [-0.3, -0.25) is 0 Å². The third-order valence-corrected chi connectivity index (χ3v) is 3.82. The molecule has 2 heteroatoms. The van der Waals surface area contributed by atoms with Crippen LogP contribution >= 0.6 is 0 Å². The molecular formula is C21H15N2. The molecule has 0 aliphatic rings. The van der Waals surface area contributed by atoms with E-state index in [9.17, 15) is 0 Å². The van der Waals surface area contributed by atoms with Crippen molar-refractivity contribution in [2.45, 2.75) is 0 Å². The van der Waals surface area contributed by atoms with Crippen LogP contribution in [0.4, 0.5) is 0 Å². The zero-order valence-corrected chi connectivity index (χ0v) is 12.6. The van der Waals surface area contributed by atoms with Crippen molar-refractivity contribution in [1.82, 2.24) is 9.78 Å². The maximum atomic E-state index is 4.53. The smallest absolute Gasteiger partial charge is 0.122 e. The number of rotatable bonds is 3. The molecule has 4 rings (SSSR count). The zero-order valence-electron chi connectivity index (χ0n) is 12.6. The molecule has 1 heterocycles. The summed E-state index contributed by atoms with van der Waals surface area (Å²) in [7, 11) is 0. The summed E-state index contributed by atoms with van der Waals surface area (Å²) in [6.45, 7) is 0. The van der Waals surface area contributed by atoms with Crippen molar-refractivity contribution in [1.29, 1.82) is 0 Å². The summed E-state index contributed by atoms with van der Waals surface area (Å²) in [4.78, 5) is 0. The van der Waals surface area contributed by atoms with Crippen LogP contribution in [-0.2, 0) is 0 Å². The molecule has 23 heavy (non-hydrogen) atoms. The van der Waals surface area contributed by atoms with E-state index in [2.05, 4.69) is 47.7 Å². The molecule has 2 nitrogen and oxygen atoms in total. The van der Waals surface area contributed by atoms with Gasteiger partial charge in [0, 0.05) is 11.1 Å². The minimum absolute atomic E-state index is 1.01. The Balaban J connectivity index is 1.97. The van der Waals surface area contributed by atoms with E-state index in [1.165, 1.54) is 0 Å².